The second-order valence-electron chi connectivity index (χ2n) is 5.81. The van der Waals surface area contributed by atoms with Gasteiger partial charge in [-0.2, -0.15) is 0 Å². The maximum Gasteiger partial charge on any atom is 0.412 e. The van der Waals surface area contributed by atoms with E-state index in [1.165, 1.54) is 0 Å². The number of nitrogens with one attached hydrogen (secondary N) is 1. The van der Waals surface area contributed by atoms with Crippen LogP contribution in [0.4, 0.5) is 10.5 Å². The van der Waals surface area contributed by atoms with E-state index in [4.69, 9.17) is 22.1 Å². The van der Waals surface area contributed by atoms with Crippen molar-refractivity contribution in [3.8, 4) is 0 Å². The van der Waals surface area contributed by atoms with Crippen molar-refractivity contribution >= 4 is 29.3 Å². The van der Waals surface area contributed by atoms with Crippen LogP contribution < -0.4 is 11.1 Å². The molecule has 1 fully saturated rings. The highest BCUT2D eigenvalue weighted by molar-refractivity contribution is 6.30. The predicted octanol–water partition coefficient (Wildman–Crippen LogP) is 3.57. The number of carbonyl (C=O) groups is 2. The molecule has 2 rings (SSSR count). The van der Waals surface area contributed by atoms with Gasteiger partial charge in [0.15, 0.2) is 0 Å². The number of amides is 2. The van der Waals surface area contributed by atoms with Crippen LogP contribution in [0.3, 0.4) is 0 Å². The fraction of sp³-hybridized carbons (Fsp3) is 0.467. The highest BCUT2D eigenvalue weighted by Crippen LogP contribution is 2.27. The van der Waals surface area contributed by atoms with Gasteiger partial charge in [-0.3, -0.25) is 10.1 Å². The number of rotatable bonds is 2. The number of primary amides is 1. The van der Waals surface area contributed by atoms with E-state index in [-0.39, 0.29) is 11.8 Å². The largest absolute Gasteiger partial charge is 0.444 e. The lowest BCUT2D eigenvalue weighted by atomic mass is 10.2. The number of benzene rings is 1. The third-order valence-electron chi connectivity index (χ3n) is 2.45. The average molecular weight is 313 g/mol. The molecule has 2 amide bonds. The third-order valence-corrected chi connectivity index (χ3v) is 2.68. The molecule has 116 valence electrons. The van der Waals surface area contributed by atoms with Crippen LogP contribution in [-0.2, 0) is 9.53 Å². The summed E-state index contributed by atoms with van der Waals surface area (Å²) in [4.78, 5) is 21.3. The number of carbonyl (C=O) groups excluding carboxylic acids is 2. The zero-order valence-corrected chi connectivity index (χ0v) is 13.2. The summed E-state index contributed by atoms with van der Waals surface area (Å²) >= 11 is 5.77. The molecular formula is C15H21ClN2O3. The molecule has 0 aliphatic heterocycles. The molecule has 0 atom stereocenters. The number of hydrogen-bond acceptors (Lipinski definition) is 3. The van der Waals surface area contributed by atoms with Gasteiger partial charge in [0.1, 0.15) is 5.60 Å². The van der Waals surface area contributed by atoms with Crippen LogP contribution >= 0.6 is 11.6 Å². The maximum absolute atomic E-state index is 11.4. The quantitative estimate of drug-likeness (QED) is 0.876. The first-order valence-electron chi connectivity index (χ1n) is 6.72. The van der Waals surface area contributed by atoms with Crippen LogP contribution in [0.1, 0.15) is 33.6 Å². The van der Waals surface area contributed by atoms with Crippen molar-refractivity contribution in [3.63, 3.8) is 0 Å². The first-order chi connectivity index (χ1) is 9.67. The monoisotopic (exact) mass is 312 g/mol. The van der Waals surface area contributed by atoms with E-state index in [2.05, 4.69) is 5.32 Å². The second kappa shape index (κ2) is 7.31. The molecule has 0 bridgehead atoms. The molecule has 6 heteroatoms. The van der Waals surface area contributed by atoms with Crippen molar-refractivity contribution in [1.82, 2.24) is 0 Å². The standard InChI is InChI=1S/C11H14ClNO2.C4H7NO/c1-11(2,3)15-10(14)13-9-6-4-5-8(12)7-9;5-4(6)3-1-2-3/h4-7H,1-3H3,(H,13,14);3H,1-2H2,(H2,5,6). The van der Waals surface area contributed by atoms with Crippen molar-refractivity contribution in [2.24, 2.45) is 11.7 Å². The van der Waals surface area contributed by atoms with E-state index in [1.807, 2.05) is 20.8 Å². The van der Waals surface area contributed by atoms with Gasteiger partial charge in [-0.15, -0.1) is 0 Å². The molecule has 5 nitrogen and oxygen atoms in total. The lowest BCUT2D eigenvalue weighted by Gasteiger charge is -2.19. The molecule has 1 aliphatic rings. The van der Waals surface area contributed by atoms with Gasteiger partial charge in [0.25, 0.3) is 0 Å². The molecule has 0 saturated heterocycles. The molecule has 1 aromatic carbocycles. The summed E-state index contributed by atoms with van der Waals surface area (Å²) in [5.74, 6) is 0.111. The van der Waals surface area contributed by atoms with Crippen LogP contribution in [0, 0.1) is 5.92 Å². The zero-order valence-electron chi connectivity index (χ0n) is 12.5. The second-order valence-corrected chi connectivity index (χ2v) is 6.25. The highest BCUT2D eigenvalue weighted by Gasteiger charge is 2.26. The molecule has 0 radical (unpaired) electrons. The predicted molar refractivity (Wildman–Crippen MR) is 83.2 cm³/mol. The molecule has 1 aliphatic carbocycles. The first-order valence-corrected chi connectivity index (χ1v) is 7.10. The van der Waals surface area contributed by atoms with Crippen molar-refractivity contribution in [3.05, 3.63) is 29.3 Å². The SMILES string of the molecule is CC(C)(C)OC(=O)Nc1cccc(Cl)c1.NC(=O)C1CC1. The summed E-state index contributed by atoms with van der Waals surface area (Å²) in [6.45, 7) is 5.43. The summed E-state index contributed by atoms with van der Waals surface area (Å²) in [6.07, 6.45) is 1.56. The summed E-state index contributed by atoms with van der Waals surface area (Å²) in [6, 6.07) is 6.90. The van der Waals surface area contributed by atoms with Gasteiger partial charge in [0.05, 0.1) is 0 Å². The topological polar surface area (TPSA) is 81.4 Å². The van der Waals surface area contributed by atoms with Gasteiger partial charge in [-0.05, 0) is 51.8 Å². The third kappa shape index (κ3) is 8.19. The Morgan fingerprint density at radius 3 is 2.33 bits per heavy atom. The van der Waals surface area contributed by atoms with E-state index >= 15 is 0 Å². The van der Waals surface area contributed by atoms with E-state index in [0.29, 0.717) is 10.7 Å². The fourth-order valence-electron chi connectivity index (χ4n) is 1.36. The minimum atomic E-state index is -0.497. The van der Waals surface area contributed by atoms with Crippen LogP contribution in [0.5, 0.6) is 0 Å². The lowest BCUT2D eigenvalue weighted by molar-refractivity contribution is -0.119. The molecule has 0 spiro atoms. The average Bonchev–Trinajstić information content (AvgIpc) is 3.10. The number of nitrogens with two attached hydrogens (primary N) is 1. The Hall–Kier alpha value is -1.75. The highest BCUT2D eigenvalue weighted by atomic mass is 35.5. The molecule has 0 heterocycles. The lowest BCUT2D eigenvalue weighted by Crippen LogP contribution is -2.27. The first kappa shape index (κ1) is 17.3. The van der Waals surface area contributed by atoms with Gasteiger partial charge >= 0.3 is 6.09 Å². The van der Waals surface area contributed by atoms with Crippen molar-refractivity contribution in [2.75, 3.05) is 5.32 Å². The van der Waals surface area contributed by atoms with Crippen LogP contribution in [-0.4, -0.2) is 17.6 Å². The molecule has 21 heavy (non-hydrogen) atoms. The summed E-state index contributed by atoms with van der Waals surface area (Å²) in [5.41, 5.74) is 4.98. The summed E-state index contributed by atoms with van der Waals surface area (Å²) in [7, 11) is 0. The fourth-order valence-corrected chi connectivity index (χ4v) is 1.55. The Kier molecular flexibility index (Phi) is 6.03. The Balaban J connectivity index is 0.000000304. The van der Waals surface area contributed by atoms with Crippen LogP contribution in [0.15, 0.2) is 24.3 Å². The summed E-state index contributed by atoms with van der Waals surface area (Å²) < 4.78 is 5.09. The van der Waals surface area contributed by atoms with Crippen molar-refractivity contribution in [1.29, 1.82) is 0 Å². The minimum absolute atomic E-state index is 0.130. The van der Waals surface area contributed by atoms with E-state index < -0.39 is 11.7 Å². The van der Waals surface area contributed by atoms with E-state index in [1.54, 1.807) is 24.3 Å². The van der Waals surface area contributed by atoms with Crippen molar-refractivity contribution < 1.29 is 14.3 Å². The molecular weight excluding hydrogens is 292 g/mol. The Bertz CT molecular complexity index is 508. The molecule has 1 saturated carbocycles. The van der Waals surface area contributed by atoms with Gasteiger partial charge < -0.3 is 10.5 Å². The molecule has 0 aromatic heterocycles. The Morgan fingerprint density at radius 2 is 1.95 bits per heavy atom. The number of ether oxygens (including phenoxy) is 1. The molecule has 1 aromatic rings. The summed E-state index contributed by atoms with van der Waals surface area (Å²) in [5, 5.41) is 3.17. The molecule has 0 unspecified atom stereocenters. The Morgan fingerprint density at radius 1 is 1.33 bits per heavy atom. The number of halogens is 1. The van der Waals surface area contributed by atoms with E-state index in [0.717, 1.165) is 12.8 Å². The van der Waals surface area contributed by atoms with Gasteiger partial charge in [0, 0.05) is 16.6 Å². The van der Waals surface area contributed by atoms with E-state index in [9.17, 15) is 9.59 Å². The number of anilines is 1. The molecule has 3 N–H and O–H groups in total. The smallest absolute Gasteiger partial charge is 0.412 e. The van der Waals surface area contributed by atoms with Gasteiger partial charge in [0.2, 0.25) is 5.91 Å². The minimum Gasteiger partial charge on any atom is -0.444 e. The van der Waals surface area contributed by atoms with Crippen LogP contribution in [0.25, 0.3) is 0 Å². The zero-order chi connectivity index (χ0) is 16.0. The van der Waals surface area contributed by atoms with Gasteiger partial charge in [-0.1, -0.05) is 17.7 Å². The Labute approximate surface area is 129 Å². The van der Waals surface area contributed by atoms with Crippen LogP contribution in [0.2, 0.25) is 5.02 Å². The van der Waals surface area contributed by atoms with Gasteiger partial charge in [-0.25, -0.2) is 4.79 Å². The number of hydrogen-bond donors (Lipinski definition) is 2. The normalized spacial score (nSPS) is 13.7. The maximum atomic E-state index is 11.4. The van der Waals surface area contributed by atoms with Crippen molar-refractivity contribution in [2.45, 2.75) is 39.2 Å².